The summed E-state index contributed by atoms with van der Waals surface area (Å²) in [7, 11) is -4.16. The molecule has 1 aliphatic heterocycles. The highest BCUT2D eigenvalue weighted by Crippen LogP contribution is 2.22. The van der Waals surface area contributed by atoms with Gasteiger partial charge in [-0.05, 0) is 30.3 Å². The highest BCUT2D eigenvalue weighted by atomic mass is 32.2. The monoisotopic (exact) mass is 367 g/mol. The van der Waals surface area contributed by atoms with Crippen LogP contribution in [0.5, 0.6) is 0 Å². The molecule has 0 bridgehead atoms. The van der Waals surface area contributed by atoms with Crippen LogP contribution in [0.3, 0.4) is 0 Å². The summed E-state index contributed by atoms with van der Waals surface area (Å²) in [5.41, 5.74) is 0.273. The second-order valence-electron chi connectivity index (χ2n) is 5.49. The Kier molecular flexibility index (Phi) is 4.78. The Morgan fingerprint density at radius 2 is 1.76 bits per heavy atom. The molecule has 132 valence electrons. The van der Waals surface area contributed by atoms with Crippen LogP contribution >= 0.6 is 0 Å². The van der Waals surface area contributed by atoms with Crippen molar-refractivity contribution in [2.24, 2.45) is 0 Å². The lowest BCUT2D eigenvalue weighted by molar-refractivity contribution is 0.0692. The van der Waals surface area contributed by atoms with Crippen LogP contribution in [0.1, 0.15) is 10.5 Å². The van der Waals surface area contributed by atoms with E-state index in [-0.39, 0.29) is 37.8 Å². The van der Waals surface area contributed by atoms with Gasteiger partial charge in [0.25, 0.3) is 5.91 Å². The first-order valence-corrected chi connectivity index (χ1v) is 8.99. The molecular formula is C16H15F2N3O3S. The van der Waals surface area contributed by atoms with E-state index in [1.54, 1.807) is 18.2 Å². The lowest BCUT2D eigenvalue weighted by Gasteiger charge is -2.33. The first kappa shape index (κ1) is 17.4. The number of amides is 1. The summed E-state index contributed by atoms with van der Waals surface area (Å²) < 4.78 is 53.2. The molecule has 1 fully saturated rings. The van der Waals surface area contributed by atoms with Crippen molar-refractivity contribution in [3.63, 3.8) is 0 Å². The normalized spacial score (nSPS) is 16.0. The smallest absolute Gasteiger partial charge is 0.272 e. The van der Waals surface area contributed by atoms with Gasteiger partial charge >= 0.3 is 0 Å². The second-order valence-corrected chi connectivity index (χ2v) is 7.39. The van der Waals surface area contributed by atoms with E-state index >= 15 is 0 Å². The van der Waals surface area contributed by atoms with Crippen molar-refractivity contribution in [2.75, 3.05) is 26.2 Å². The zero-order chi connectivity index (χ0) is 18.0. The number of carbonyl (C=O) groups excluding carboxylic acids is 1. The van der Waals surface area contributed by atoms with E-state index in [9.17, 15) is 22.0 Å². The molecule has 0 atom stereocenters. The van der Waals surface area contributed by atoms with E-state index in [0.29, 0.717) is 6.07 Å². The highest BCUT2D eigenvalue weighted by molar-refractivity contribution is 7.89. The summed E-state index contributed by atoms with van der Waals surface area (Å²) in [4.78, 5) is 17.1. The number of carbonyl (C=O) groups is 1. The molecule has 0 radical (unpaired) electrons. The zero-order valence-electron chi connectivity index (χ0n) is 13.1. The maximum Gasteiger partial charge on any atom is 0.272 e. The number of aromatic nitrogens is 1. The number of benzene rings is 1. The van der Waals surface area contributed by atoms with Gasteiger partial charge in [0.2, 0.25) is 10.0 Å². The number of hydrogen-bond acceptors (Lipinski definition) is 4. The van der Waals surface area contributed by atoms with Crippen LogP contribution in [-0.2, 0) is 10.0 Å². The van der Waals surface area contributed by atoms with Gasteiger partial charge in [-0.2, -0.15) is 4.31 Å². The van der Waals surface area contributed by atoms with Crippen molar-refractivity contribution in [1.82, 2.24) is 14.2 Å². The molecule has 3 rings (SSSR count). The lowest BCUT2D eigenvalue weighted by Crippen LogP contribution is -2.50. The zero-order valence-corrected chi connectivity index (χ0v) is 13.9. The molecule has 9 heteroatoms. The molecule has 1 saturated heterocycles. The van der Waals surface area contributed by atoms with E-state index in [2.05, 4.69) is 4.98 Å². The highest BCUT2D eigenvalue weighted by Gasteiger charge is 2.32. The van der Waals surface area contributed by atoms with E-state index in [0.717, 1.165) is 16.4 Å². The molecule has 2 aromatic rings. The summed E-state index contributed by atoms with van der Waals surface area (Å²) >= 11 is 0. The molecule has 0 aliphatic carbocycles. The number of sulfonamides is 1. The number of pyridine rings is 1. The topological polar surface area (TPSA) is 70.6 Å². The van der Waals surface area contributed by atoms with Crippen molar-refractivity contribution < 1.29 is 22.0 Å². The fourth-order valence-electron chi connectivity index (χ4n) is 2.60. The van der Waals surface area contributed by atoms with Gasteiger partial charge in [0, 0.05) is 32.4 Å². The van der Waals surface area contributed by atoms with Gasteiger partial charge in [-0.25, -0.2) is 17.2 Å². The third kappa shape index (κ3) is 3.52. The number of hydrogen-bond donors (Lipinski definition) is 0. The second kappa shape index (κ2) is 6.85. The molecule has 0 saturated carbocycles. The van der Waals surface area contributed by atoms with Crippen LogP contribution in [0, 0.1) is 11.6 Å². The summed E-state index contributed by atoms with van der Waals surface area (Å²) in [6.45, 7) is 0.283. The predicted octanol–water partition coefficient (Wildman–Crippen LogP) is 1.51. The maximum atomic E-state index is 13.8. The van der Waals surface area contributed by atoms with E-state index in [4.69, 9.17) is 0 Å². The number of halogens is 2. The van der Waals surface area contributed by atoms with Crippen LogP contribution in [-0.4, -0.2) is 54.7 Å². The number of rotatable bonds is 3. The molecule has 0 spiro atoms. The fourth-order valence-corrected chi connectivity index (χ4v) is 4.09. The minimum absolute atomic E-state index is 0.00311. The first-order valence-electron chi connectivity index (χ1n) is 7.55. The van der Waals surface area contributed by atoms with Crippen molar-refractivity contribution in [3.8, 4) is 0 Å². The van der Waals surface area contributed by atoms with Gasteiger partial charge in [-0.3, -0.25) is 9.78 Å². The van der Waals surface area contributed by atoms with Crippen LogP contribution in [0.25, 0.3) is 0 Å². The molecule has 6 nitrogen and oxygen atoms in total. The van der Waals surface area contributed by atoms with Gasteiger partial charge in [0.15, 0.2) is 0 Å². The van der Waals surface area contributed by atoms with Crippen molar-refractivity contribution in [3.05, 3.63) is 59.9 Å². The average Bonchev–Trinajstić information content (AvgIpc) is 2.64. The fraction of sp³-hybridized carbons (Fsp3) is 0.250. The van der Waals surface area contributed by atoms with Crippen molar-refractivity contribution in [1.29, 1.82) is 0 Å². The van der Waals surface area contributed by atoms with E-state index < -0.39 is 26.6 Å². The van der Waals surface area contributed by atoms with Crippen LogP contribution in [0.15, 0.2) is 47.5 Å². The van der Waals surface area contributed by atoms with Gasteiger partial charge < -0.3 is 4.90 Å². The Hall–Kier alpha value is -2.39. The average molecular weight is 367 g/mol. The Morgan fingerprint density at radius 3 is 2.40 bits per heavy atom. The molecule has 1 aromatic heterocycles. The predicted molar refractivity (Wildman–Crippen MR) is 85.3 cm³/mol. The molecule has 1 amide bonds. The minimum atomic E-state index is -4.16. The van der Waals surface area contributed by atoms with Crippen LogP contribution in [0.2, 0.25) is 0 Å². The molecule has 1 aromatic carbocycles. The molecular weight excluding hydrogens is 352 g/mol. The SMILES string of the molecule is O=C(c1ccccn1)N1CCN(S(=O)(=O)c2cc(F)ccc2F)CC1. The summed E-state index contributed by atoms with van der Waals surface area (Å²) in [6, 6.07) is 7.26. The van der Waals surface area contributed by atoms with E-state index in [1.807, 2.05) is 0 Å². The van der Waals surface area contributed by atoms with E-state index in [1.165, 1.54) is 11.1 Å². The van der Waals surface area contributed by atoms with Crippen molar-refractivity contribution in [2.45, 2.75) is 4.90 Å². The minimum Gasteiger partial charge on any atom is -0.335 e. The van der Waals surface area contributed by atoms with Gasteiger partial charge in [0.05, 0.1) is 0 Å². The molecule has 25 heavy (non-hydrogen) atoms. The van der Waals surface area contributed by atoms with Gasteiger partial charge in [-0.1, -0.05) is 6.07 Å². The molecule has 2 heterocycles. The maximum absolute atomic E-state index is 13.8. The molecule has 1 aliphatic rings. The Morgan fingerprint density at radius 1 is 1.04 bits per heavy atom. The summed E-state index contributed by atoms with van der Waals surface area (Å²) in [6.07, 6.45) is 1.50. The number of nitrogens with zero attached hydrogens (tertiary/aromatic N) is 3. The molecule has 0 unspecified atom stereocenters. The first-order chi connectivity index (χ1) is 11.9. The summed E-state index contributed by atoms with van der Waals surface area (Å²) in [5, 5.41) is 0. The summed E-state index contributed by atoms with van der Waals surface area (Å²) in [5.74, 6) is -2.13. The Balaban J connectivity index is 1.73. The quantitative estimate of drug-likeness (QED) is 0.825. The van der Waals surface area contributed by atoms with Gasteiger partial charge in [-0.15, -0.1) is 0 Å². The Bertz CT molecular complexity index is 883. The Labute approximate surface area is 143 Å². The van der Waals surface area contributed by atoms with Crippen LogP contribution in [0.4, 0.5) is 8.78 Å². The molecule has 0 N–H and O–H groups in total. The number of piperazine rings is 1. The lowest BCUT2D eigenvalue weighted by atomic mass is 10.3. The third-order valence-corrected chi connectivity index (χ3v) is 5.83. The van der Waals surface area contributed by atoms with Gasteiger partial charge in [0.1, 0.15) is 22.2 Å². The third-order valence-electron chi connectivity index (χ3n) is 3.92. The largest absolute Gasteiger partial charge is 0.335 e. The standard InChI is InChI=1S/C16H15F2N3O3S/c17-12-4-5-13(18)15(11-12)25(23,24)21-9-7-20(8-10-21)16(22)14-3-1-2-6-19-14/h1-6,11H,7-10H2. The van der Waals surface area contributed by atoms with Crippen LogP contribution < -0.4 is 0 Å². The van der Waals surface area contributed by atoms with Crippen molar-refractivity contribution >= 4 is 15.9 Å².